The van der Waals surface area contributed by atoms with Crippen molar-refractivity contribution in [3.8, 4) is 0 Å². The maximum Gasteiger partial charge on any atom is 0.257 e. The summed E-state index contributed by atoms with van der Waals surface area (Å²) >= 11 is 9.29. The fourth-order valence-corrected chi connectivity index (χ4v) is 2.61. The number of pyridine rings is 1. The van der Waals surface area contributed by atoms with E-state index >= 15 is 0 Å². The number of carbonyl (C=O) groups excluding carboxylic acids is 1. The number of hydrogen-bond donors (Lipinski definition) is 2. The summed E-state index contributed by atoms with van der Waals surface area (Å²) in [6.45, 7) is 0.405. The maximum absolute atomic E-state index is 12.5. The van der Waals surface area contributed by atoms with Gasteiger partial charge >= 0.3 is 0 Å². The van der Waals surface area contributed by atoms with Gasteiger partial charge in [-0.3, -0.25) is 15.1 Å². The Bertz CT molecular complexity index is 928. The molecule has 2 N–H and O–H groups in total. The number of hydrogen-bond acceptors (Lipinski definition) is 3. The Morgan fingerprint density at radius 2 is 1.67 bits per heavy atom. The van der Waals surface area contributed by atoms with Crippen LogP contribution in [0.15, 0.2) is 82.5 Å². The molecule has 0 saturated carbocycles. The molecule has 5 nitrogen and oxygen atoms in total. The SMILES string of the molecule is O=C(NC(=NCc1ccncc1)Nc1ccc(Br)cc1)c1ccc(Cl)cc1. The largest absolute Gasteiger partial charge is 0.326 e. The van der Waals surface area contributed by atoms with Crippen LogP contribution in [0.2, 0.25) is 5.02 Å². The van der Waals surface area contributed by atoms with Gasteiger partial charge in [-0.25, -0.2) is 4.99 Å². The highest BCUT2D eigenvalue weighted by Gasteiger charge is 2.09. The van der Waals surface area contributed by atoms with E-state index in [0.717, 1.165) is 15.7 Å². The molecule has 2 aromatic carbocycles. The van der Waals surface area contributed by atoms with Gasteiger partial charge in [-0.2, -0.15) is 0 Å². The first-order valence-electron chi connectivity index (χ1n) is 8.13. The van der Waals surface area contributed by atoms with Gasteiger partial charge in [-0.15, -0.1) is 0 Å². The zero-order chi connectivity index (χ0) is 19.1. The highest BCUT2D eigenvalue weighted by atomic mass is 79.9. The van der Waals surface area contributed by atoms with Crippen LogP contribution in [0, 0.1) is 0 Å². The number of benzene rings is 2. The predicted octanol–water partition coefficient (Wildman–Crippen LogP) is 4.90. The molecule has 7 heteroatoms. The second-order valence-electron chi connectivity index (χ2n) is 5.61. The lowest BCUT2D eigenvalue weighted by atomic mass is 10.2. The summed E-state index contributed by atoms with van der Waals surface area (Å²) in [6.07, 6.45) is 3.41. The van der Waals surface area contributed by atoms with Crippen LogP contribution >= 0.6 is 27.5 Å². The highest BCUT2D eigenvalue weighted by Crippen LogP contribution is 2.14. The van der Waals surface area contributed by atoms with Crippen molar-refractivity contribution in [1.29, 1.82) is 0 Å². The van der Waals surface area contributed by atoms with Crippen molar-refractivity contribution in [2.45, 2.75) is 6.54 Å². The van der Waals surface area contributed by atoms with E-state index in [1.807, 2.05) is 36.4 Å². The summed E-state index contributed by atoms with van der Waals surface area (Å²) < 4.78 is 0.966. The third-order valence-electron chi connectivity index (χ3n) is 3.61. The fourth-order valence-electron chi connectivity index (χ4n) is 2.22. The molecule has 27 heavy (non-hydrogen) atoms. The molecule has 0 bridgehead atoms. The molecular formula is C20H16BrClN4O. The molecular weight excluding hydrogens is 428 g/mol. The van der Waals surface area contributed by atoms with Gasteiger partial charge in [-0.1, -0.05) is 27.5 Å². The van der Waals surface area contributed by atoms with E-state index in [1.165, 1.54) is 0 Å². The molecule has 0 aliphatic rings. The van der Waals surface area contributed by atoms with E-state index in [2.05, 4.69) is 36.5 Å². The summed E-state index contributed by atoms with van der Waals surface area (Å²) in [4.78, 5) is 21.0. The highest BCUT2D eigenvalue weighted by molar-refractivity contribution is 9.10. The van der Waals surface area contributed by atoms with Crippen LogP contribution < -0.4 is 10.6 Å². The lowest BCUT2D eigenvalue weighted by molar-refractivity contribution is 0.0977. The number of guanidine groups is 1. The van der Waals surface area contributed by atoms with E-state index in [9.17, 15) is 4.79 Å². The van der Waals surface area contributed by atoms with E-state index < -0.39 is 0 Å². The third kappa shape index (κ3) is 5.91. The van der Waals surface area contributed by atoms with Crippen LogP contribution in [0.4, 0.5) is 5.69 Å². The predicted molar refractivity (Wildman–Crippen MR) is 112 cm³/mol. The summed E-state index contributed by atoms with van der Waals surface area (Å²) in [6, 6.07) is 18.0. The minimum Gasteiger partial charge on any atom is -0.326 e. The summed E-state index contributed by atoms with van der Waals surface area (Å²) in [5.74, 6) is 0.0823. The molecule has 136 valence electrons. The van der Waals surface area contributed by atoms with Gasteiger partial charge in [0, 0.05) is 33.1 Å². The van der Waals surface area contributed by atoms with Crippen molar-refractivity contribution in [3.63, 3.8) is 0 Å². The second kappa shape index (κ2) is 9.30. The number of carbonyl (C=O) groups is 1. The Labute approximate surface area is 170 Å². The third-order valence-corrected chi connectivity index (χ3v) is 4.40. The van der Waals surface area contributed by atoms with Gasteiger partial charge in [0.15, 0.2) is 0 Å². The van der Waals surface area contributed by atoms with Gasteiger partial charge in [0.2, 0.25) is 5.96 Å². The molecule has 3 aromatic rings. The molecule has 3 rings (SSSR count). The van der Waals surface area contributed by atoms with Crippen LogP contribution in [0.5, 0.6) is 0 Å². The van der Waals surface area contributed by atoms with Gasteiger partial charge < -0.3 is 5.32 Å². The fraction of sp³-hybridized carbons (Fsp3) is 0.0500. The lowest BCUT2D eigenvalue weighted by Gasteiger charge is -2.12. The number of nitrogens with one attached hydrogen (secondary N) is 2. The van der Waals surface area contributed by atoms with Crippen molar-refractivity contribution < 1.29 is 4.79 Å². The standard InChI is InChI=1S/C20H16BrClN4O/c21-16-3-7-18(8-4-16)25-20(24-13-14-9-11-23-12-10-14)26-19(27)15-1-5-17(22)6-2-15/h1-12H,13H2,(H2,24,25,26,27). The summed E-state index contributed by atoms with van der Waals surface area (Å²) in [5, 5.41) is 6.53. The van der Waals surface area contributed by atoms with E-state index in [4.69, 9.17) is 11.6 Å². The first-order chi connectivity index (χ1) is 13.1. The summed E-state index contributed by atoms with van der Waals surface area (Å²) in [7, 11) is 0. The minimum absolute atomic E-state index is 0.273. The normalized spacial score (nSPS) is 11.1. The number of nitrogens with zero attached hydrogens (tertiary/aromatic N) is 2. The van der Waals surface area contributed by atoms with Gasteiger partial charge in [0.1, 0.15) is 0 Å². The molecule has 1 amide bonds. The average molecular weight is 444 g/mol. The molecule has 1 aromatic heterocycles. The molecule has 0 spiro atoms. The number of amides is 1. The number of halogens is 2. The van der Waals surface area contributed by atoms with Crippen LogP contribution in [0.1, 0.15) is 15.9 Å². The number of aliphatic imine (C=N–C) groups is 1. The monoisotopic (exact) mass is 442 g/mol. The average Bonchev–Trinajstić information content (AvgIpc) is 2.69. The Morgan fingerprint density at radius 3 is 2.33 bits per heavy atom. The van der Waals surface area contributed by atoms with Crippen molar-refractivity contribution in [2.75, 3.05) is 5.32 Å². The quantitative estimate of drug-likeness (QED) is 0.445. The molecule has 0 saturated heterocycles. The number of aromatic nitrogens is 1. The van der Waals surface area contributed by atoms with Gasteiger partial charge in [0.05, 0.1) is 6.54 Å². The summed E-state index contributed by atoms with van der Waals surface area (Å²) in [5.41, 5.74) is 2.29. The Hall–Kier alpha value is -2.70. The van der Waals surface area contributed by atoms with Crippen LogP contribution in [0.25, 0.3) is 0 Å². The zero-order valence-corrected chi connectivity index (χ0v) is 16.5. The van der Waals surface area contributed by atoms with Gasteiger partial charge in [0.25, 0.3) is 5.91 Å². The molecule has 0 fully saturated rings. The lowest BCUT2D eigenvalue weighted by Crippen LogP contribution is -2.36. The first kappa shape index (κ1) is 19.1. The molecule has 0 aliphatic heterocycles. The minimum atomic E-state index is -0.273. The Balaban J connectivity index is 1.78. The smallest absolute Gasteiger partial charge is 0.257 e. The van der Waals surface area contributed by atoms with Crippen molar-refractivity contribution in [3.05, 3.63) is 93.7 Å². The zero-order valence-electron chi connectivity index (χ0n) is 14.2. The molecule has 0 radical (unpaired) electrons. The molecule has 0 aliphatic carbocycles. The number of rotatable bonds is 4. The van der Waals surface area contributed by atoms with Crippen molar-refractivity contribution >= 4 is 45.1 Å². The van der Waals surface area contributed by atoms with Crippen LogP contribution in [-0.4, -0.2) is 16.9 Å². The van der Waals surface area contributed by atoms with Crippen molar-refractivity contribution in [2.24, 2.45) is 4.99 Å². The van der Waals surface area contributed by atoms with Crippen LogP contribution in [0.3, 0.4) is 0 Å². The first-order valence-corrected chi connectivity index (χ1v) is 9.30. The second-order valence-corrected chi connectivity index (χ2v) is 6.97. The Kier molecular flexibility index (Phi) is 6.57. The Morgan fingerprint density at radius 1 is 1.00 bits per heavy atom. The maximum atomic E-state index is 12.5. The van der Waals surface area contributed by atoms with E-state index in [0.29, 0.717) is 23.1 Å². The van der Waals surface area contributed by atoms with E-state index in [-0.39, 0.29) is 5.91 Å². The van der Waals surface area contributed by atoms with Crippen LogP contribution in [-0.2, 0) is 6.54 Å². The molecule has 0 unspecified atom stereocenters. The van der Waals surface area contributed by atoms with E-state index in [1.54, 1.807) is 36.7 Å². The number of anilines is 1. The van der Waals surface area contributed by atoms with Crippen molar-refractivity contribution in [1.82, 2.24) is 10.3 Å². The molecule has 1 heterocycles. The molecule has 0 atom stereocenters. The van der Waals surface area contributed by atoms with Gasteiger partial charge in [-0.05, 0) is 66.2 Å². The topological polar surface area (TPSA) is 66.4 Å².